The average Bonchev–Trinajstić information content (AvgIpc) is 2.36. The molecular formula is C15H22N2O. The first kappa shape index (κ1) is 13.1. The highest BCUT2D eigenvalue weighted by molar-refractivity contribution is 5.78. The van der Waals surface area contributed by atoms with Crippen LogP contribution in [0.5, 0.6) is 0 Å². The topological polar surface area (TPSA) is 32.3 Å². The molecule has 1 heterocycles. The van der Waals surface area contributed by atoms with Crippen LogP contribution < -0.4 is 5.32 Å². The van der Waals surface area contributed by atoms with Crippen molar-refractivity contribution >= 4 is 5.91 Å². The summed E-state index contributed by atoms with van der Waals surface area (Å²) in [6.07, 6.45) is 2.14. The van der Waals surface area contributed by atoms with Crippen LogP contribution in [0.4, 0.5) is 0 Å². The Kier molecular flexibility index (Phi) is 4.37. The molecule has 0 bridgehead atoms. The van der Waals surface area contributed by atoms with Crippen LogP contribution in [-0.4, -0.2) is 30.9 Å². The van der Waals surface area contributed by atoms with Gasteiger partial charge in [0, 0.05) is 13.1 Å². The molecule has 0 saturated carbocycles. The molecule has 1 N–H and O–H groups in total. The highest BCUT2D eigenvalue weighted by Gasteiger charge is 2.23. The Morgan fingerprint density at radius 1 is 1.50 bits per heavy atom. The molecule has 0 spiro atoms. The predicted octanol–water partition coefficient (Wildman–Crippen LogP) is 1.95. The summed E-state index contributed by atoms with van der Waals surface area (Å²) in [6.45, 7) is 4.71. The molecule has 3 nitrogen and oxygen atoms in total. The number of nitrogens with one attached hydrogen (secondary N) is 1. The van der Waals surface area contributed by atoms with Gasteiger partial charge in [0.15, 0.2) is 0 Å². The van der Waals surface area contributed by atoms with Crippen LogP contribution in [0.2, 0.25) is 0 Å². The summed E-state index contributed by atoms with van der Waals surface area (Å²) in [4.78, 5) is 14.3. The normalized spacial score (nSPS) is 20.7. The van der Waals surface area contributed by atoms with Crippen molar-refractivity contribution in [2.24, 2.45) is 5.92 Å². The number of aryl methyl sites for hydroxylation is 1. The zero-order chi connectivity index (χ0) is 13.0. The molecule has 0 unspecified atom stereocenters. The van der Waals surface area contributed by atoms with Crippen molar-refractivity contribution in [3.05, 3.63) is 35.4 Å². The van der Waals surface area contributed by atoms with Crippen molar-refractivity contribution in [1.82, 2.24) is 10.2 Å². The summed E-state index contributed by atoms with van der Waals surface area (Å²) in [6, 6.07) is 8.28. The molecule has 0 radical (unpaired) electrons. The Morgan fingerprint density at radius 3 is 3.06 bits per heavy atom. The molecule has 18 heavy (non-hydrogen) atoms. The predicted molar refractivity (Wildman–Crippen MR) is 73.2 cm³/mol. The number of rotatable bonds is 3. The van der Waals surface area contributed by atoms with Crippen LogP contribution in [0.15, 0.2) is 24.3 Å². The lowest BCUT2D eigenvalue weighted by Crippen LogP contribution is -2.41. The maximum absolute atomic E-state index is 12.1. The number of benzene rings is 1. The standard InChI is InChI=1S/C15H22N2O/c1-12-5-3-6-13(9-12)10-16-15(18)14-7-4-8-17(2)11-14/h3,5-6,9,14H,4,7-8,10-11H2,1-2H3,(H,16,18)/t14-/m1/s1. The molecule has 1 fully saturated rings. The molecule has 1 aliphatic rings. The monoisotopic (exact) mass is 246 g/mol. The van der Waals surface area contributed by atoms with Crippen molar-refractivity contribution in [1.29, 1.82) is 0 Å². The lowest BCUT2D eigenvalue weighted by Gasteiger charge is -2.28. The first-order valence-electron chi connectivity index (χ1n) is 6.67. The Hall–Kier alpha value is -1.35. The Morgan fingerprint density at radius 2 is 2.33 bits per heavy atom. The number of carbonyl (C=O) groups is 1. The highest BCUT2D eigenvalue weighted by atomic mass is 16.1. The third-order valence-electron chi connectivity index (χ3n) is 3.54. The number of piperidine rings is 1. The van der Waals surface area contributed by atoms with E-state index in [0.29, 0.717) is 6.54 Å². The summed E-state index contributed by atoms with van der Waals surface area (Å²) in [5.41, 5.74) is 2.41. The maximum atomic E-state index is 12.1. The minimum absolute atomic E-state index is 0.161. The minimum atomic E-state index is 0.161. The number of amides is 1. The first-order chi connectivity index (χ1) is 8.65. The van der Waals surface area contributed by atoms with Crippen molar-refractivity contribution in [2.75, 3.05) is 20.1 Å². The molecule has 0 aromatic heterocycles. The van der Waals surface area contributed by atoms with Crippen molar-refractivity contribution in [3.8, 4) is 0 Å². The quantitative estimate of drug-likeness (QED) is 0.884. The van der Waals surface area contributed by atoms with Gasteiger partial charge in [0.2, 0.25) is 5.91 Å². The fraction of sp³-hybridized carbons (Fsp3) is 0.533. The lowest BCUT2D eigenvalue weighted by atomic mass is 9.97. The van der Waals surface area contributed by atoms with E-state index in [4.69, 9.17) is 0 Å². The van der Waals surface area contributed by atoms with Crippen LogP contribution in [0, 0.1) is 12.8 Å². The number of hydrogen-bond donors (Lipinski definition) is 1. The smallest absolute Gasteiger partial charge is 0.224 e. The Labute approximate surface area is 109 Å². The van der Waals surface area contributed by atoms with Crippen LogP contribution in [0.3, 0.4) is 0 Å². The molecule has 1 atom stereocenters. The van der Waals surface area contributed by atoms with E-state index >= 15 is 0 Å². The second kappa shape index (κ2) is 6.01. The van der Waals surface area contributed by atoms with Crippen LogP contribution in [0.1, 0.15) is 24.0 Å². The maximum Gasteiger partial charge on any atom is 0.224 e. The van der Waals surface area contributed by atoms with E-state index in [2.05, 4.69) is 42.4 Å². The number of likely N-dealkylation sites (tertiary alicyclic amines) is 1. The van der Waals surface area contributed by atoms with Crippen molar-refractivity contribution in [3.63, 3.8) is 0 Å². The van der Waals surface area contributed by atoms with E-state index in [-0.39, 0.29) is 11.8 Å². The van der Waals surface area contributed by atoms with Gasteiger partial charge in [-0.15, -0.1) is 0 Å². The molecule has 98 valence electrons. The number of hydrogen-bond acceptors (Lipinski definition) is 2. The van der Waals surface area contributed by atoms with E-state index < -0.39 is 0 Å². The average molecular weight is 246 g/mol. The fourth-order valence-corrected chi connectivity index (χ4v) is 2.54. The van der Waals surface area contributed by atoms with Gasteiger partial charge in [0.05, 0.1) is 5.92 Å². The first-order valence-corrected chi connectivity index (χ1v) is 6.67. The highest BCUT2D eigenvalue weighted by Crippen LogP contribution is 2.15. The van der Waals surface area contributed by atoms with Gasteiger partial charge in [-0.05, 0) is 38.9 Å². The van der Waals surface area contributed by atoms with Gasteiger partial charge >= 0.3 is 0 Å². The molecule has 1 aromatic carbocycles. The summed E-state index contributed by atoms with van der Waals surface area (Å²) >= 11 is 0. The molecule has 1 saturated heterocycles. The van der Waals surface area contributed by atoms with Gasteiger partial charge in [-0.2, -0.15) is 0 Å². The summed E-state index contributed by atoms with van der Waals surface area (Å²) in [5.74, 6) is 0.358. The minimum Gasteiger partial charge on any atom is -0.352 e. The third-order valence-corrected chi connectivity index (χ3v) is 3.54. The fourth-order valence-electron chi connectivity index (χ4n) is 2.54. The zero-order valence-electron chi connectivity index (χ0n) is 11.3. The summed E-state index contributed by atoms with van der Waals surface area (Å²) in [7, 11) is 2.08. The molecule has 0 aliphatic carbocycles. The molecule has 2 rings (SSSR count). The summed E-state index contributed by atoms with van der Waals surface area (Å²) in [5, 5.41) is 3.05. The van der Waals surface area contributed by atoms with Crippen molar-refractivity contribution in [2.45, 2.75) is 26.3 Å². The van der Waals surface area contributed by atoms with Gasteiger partial charge in [0.1, 0.15) is 0 Å². The van der Waals surface area contributed by atoms with E-state index in [9.17, 15) is 4.79 Å². The Bertz CT molecular complexity index is 417. The van der Waals surface area contributed by atoms with Gasteiger partial charge in [-0.25, -0.2) is 0 Å². The van der Waals surface area contributed by atoms with E-state index in [1.165, 1.54) is 11.1 Å². The molecule has 1 aliphatic heterocycles. The number of carbonyl (C=O) groups excluding carboxylic acids is 1. The van der Waals surface area contributed by atoms with Crippen molar-refractivity contribution < 1.29 is 4.79 Å². The van der Waals surface area contributed by atoms with Crippen LogP contribution >= 0.6 is 0 Å². The molecular weight excluding hydrogens is 224 g/mol. The molecule has 1 aromatic rings. The van der Waals surface area contributed by atoms with Gasteiger partial charge in [-0.3, -0.25) is 4.79 Å². The van der Waals surface area contributed by atoms with E-state index in [1.807, 2.05) is 6.07 Å². The number of nitrogens with zero attached hydrogens (tertiary/aromatic N) is 1. The Balaban J connectivity index is 1.84. The van der Waals surface area contributed by atoms with Crippen LogP contribution in [-0.2, 0) is 11.3 Å². The summed E-state index contributed by atoms with van der Waals surface area (Å²) < 4.78 is 0. The third kappa shape index (κ3) is 3.57. The molecule has 3 heteroatoms. The van der Waals surface area contributed by atoms with Gasteiger partial charge in [0.25, 0.3) is 0 Å². The van der Waals surface area contributed by atoms with E-state index in [0.717, 1.165) is 25.9 Å². The molecule has 1 amide bonds. The lowest BCUT2D eigenvalue weighted by molar-refractivity contribution is -0.126. The largest absolute Gasteiger partial charge is 0.352 e. The van der Waals surface area contributed by atoms with Gasteiger partial charge in [-0.1, -0.05) is 29.8 Å². The zero-order valence-corrected chi connectivity index (χ0v) is 11.3. The van der Waals surface area contributed by atoms with Gasteiger partial charge < -0.3 is 10.2 Å². The van der Waals surface area contributed by atoms with Crippen LogP contribution in [0.25, 0.3) is 0 Å². The second-order valence-corrected chi connectivity index (χ2v) is 5.31. The second-order valence-electron chi connectivity index (χ2n) is 5.31. The SMILES string of the molecule is Cc1cccc(CNC(=O)[C@@H]2CCCN(C)C2)c1. The van der Waals surface area contributed by atoms with E-state index in [1.54, 1.807) is 0 Å².